The predicted octanol–water partition coefficient (Wildman–Crippen LogP) is 0.788. The minimum Gasteiger partial charge on any atom is -0.481 e. The van der Waals surface area contributed by atoms with Gasteiger partial charge in [0.25, 0.3) is 0 Å². The standard InChI is InChI=1S/C13H22N2O5/c1-4-14(8-10(16)20-5-2)12(19)15-7-6-13(3,9-15)11(17)18/h4-9H2,1-3H3,(H,17,18). The molecule has 7 heteroatoms. The van der Waals surface area contributed by atoms with Gasteiger partial charge < -0.3 is 19.6 Å². The van der Waals surface area contributed by atoms with Gasteiger partial charge in [-0.2, -0.15) is 0 Å². The van der Waals surface area contributed by atoms with E-state index in [-0.39, 0.29) is 25.7 Å². The van der Waals surface area contributed by atoms with Gasteiger partial charge in [0, 0.05) is 19.6 Å². The summed E-state index contributed by atoms with van der Waals surface area (Å²) in [5.74, 6) is -1.36. The maximum absolute atomic E-state index is 12.3. The van der Waals surface area contributed by atoms with E-state index in [4.69, 9.17) is 9.84 Å². The average molecular weight is 286 g/mol. The Morgan fingerprint density at radius 2 is 2.00 bits per heavy atom. The van der Waals surface area contributed by atoms with Gasteiger partial charge in [-0.3, -0.25) is 9.59 Å². The molecule has 1 fully saturated rings. The molecule has 1 aliphatic heterocycles. The van der Waals surface area contributed by atoms with Crippen molar-refractivity contribution in [2.45, 2.75) is 27.2 Å². The molecule has 0 bridgehead atoms. The van der Waals surface area contributed by atoms with Crippen molar-refractivity contribution >= 4 is 18.0 Å². The van der Waals surface area contributed by atoms with Crippen LogP contribution in [0.5, 0.6) is 0 Å². The lowest BCUT2D eigenvalue weighted by Crippen LogP contribution is -2.45. The Balaban J connectivity index is 2.64. The topological polar surface area (TPSA) is 87.2 Å². The zero-order chi connectivity index (χ0) is 15.3. The van der Waals surface area contributed by atoms with Crippen LogP contribution in [0.3, 0.4) is 0 Å². The number of likely N-dealkylation sites (tertiary alicyclic amines) is 1. The molecule has 0 aromatic rings. The molecule has 114 valence electrons. The molecule has 1 N–H and O–H groups in total. The van der Waals surface area contributed by atoms with E-state index in [0.717, 1.165) is 0 Å². The Bertz CT molecular complexity index is 398. The Morgan fingerprint density at radius 1 is 1.35 bits per heavy atom. The molecule has 1 rings (SSSR count). The van der Waals surface area contributed by atoms with Gasteiger partial charge in [-0.1, -0.05) is 0 Å². The molecule has 20 heavy (non-hydrogen) atoms. The molecule has 0 spiro atoms. The first-order chi connectivity index (χ1) is 9.34. The fourth-order valence-electron chi connectivity index (χ4n) is 2.18. The number of aliphatic carboxylic acids is 1. The first kappa shape index (κ1) is 16.3. The fraction of sp³-hybridized carbons (Fsp3) is 0.769. The van der Waals surface area contributed by atoms with Crippen LogP contribution in [0.25, 0.3) is 0 Å². The number of likely N-dealkylation sites (N-methyl/N-ethyl adjacent to an activating group) is 1. The molecule has 0 radical (unpaired) electrons. The van der Waals surface area contributed by atoms with Crippen molar-refractivity contribution in [1.29, 1.82) is 0 Å². The molecular formula is C13H22N2O5. The van der Waals surface area contributed by atoms with Crippen LogP contribution in [-0.2, 0) is 14.3 Å². The third kappa shape index (κ3) is 3.61. The molecule has 1 unspecified atom stereocenters. The van der Waals surface area contributed by atoms with Gasteiger partial charge in [-0.15, -0.1) is 0 Å². The normalized spacial score (nSPS) is 21.6. The van der Waals surface area contributed by atoms with Crippen molar-refractivity contribution in [2.75, 3.05) is 32.8 Å². The third-order valence-electron chi connectivity index (χ3n) is 3.54. The lowest BCUT2D eigenvalue weighted by atomic mass is 9.90. The largest absolute Gasteiger partial charge is 0.481 e. The fourth-order valence-corrected chi connectivity index (χ4v) is 2.18. The average Bonchev–Trinajstić information content (AvgIpc) is 2.79. The lowest BCUT2D eigenvalue weighted by Gasteiger charge is -2.27. The molecule has 0 aliphatic carbocycles. The van der Waals surface area contributed by atoms with Crippen molar-refractivity contribution in [3.63, 3.8) is 0 Å². The minimum absolute atomic E-state index is 0.108. The highest BCUT2D eigenvalue weighted by molar-refractivity contribution is 5.83. The SMILES string of the molecule is CCOC(=O)CN(CC)C(=O)N1CCC(C)(C(=O)O)C1. The summed E-state index contributed by atoms with van der Waals surface area (Å²) < 4.78 is 4.82. The molecule has 1 saturated heterocycles. The monoisotopic (exact) mass is 286 g/mol. The highest BCUT2D eigenvalue weighted by Crippen LogP contribution is 2.30. The molecule has 1 aliphatic rings. The molecule has 2 amide bonds. The molecule has 7 nitrogen and oxygen atoms in total. The van der Waals surface area contributed by atoms with Gasteiger partial charge in [0.1, 0.15) is 6.54 Å². The number of urea groups is 1. The maximum Gasteiger partial charge on any atom is 0.325 e. The number of hydrogen-bond donors (Lipinski definition) is 1. The number of rotatable bonds is 5. The summed E-state index contributed by atoms with van der Waals surface area (Å²) in [6.45, 7) is 6.19. The summed E-state index contributed by atoms with van der Waals surface area (Å²) in [6.07, 6.45) is 0.422. The Labute approximate surface area is 118 Å². The lowest BCUT2D eigenvalue weighted by molar-refractivity contribution is -0.147. The predicted molar refractivity (Wildman–Crippen MR) is 71.2 cm³/mol. The van der Waals surface area contributed by atoms with Crippen LogP contribution in [0, 0.1) is 5.41 Å². The van der Waals surface area contributed by atoms with E-state index in [1.807, 2.05) is 0 Å². The van der Waals surface area contributed by atoms with Crippen molar-refractivity contribution < 1.29 is 24.2 Å². The summed E-state index contributed by atoms with van der Waals surface area (Å²) >= 11 is 0. The number of carboxylic acid groups (broad SMARTS) is 1. The van der Waals surface area contributed by atoms with E-state index >= 15 is 0 Å². The zero-order valence-corrected chi connectivity index (χ0v) is 12.2. The zero-order valence-electron chi connectivity index (χ0n) is 12.2. The van der Waals surface area contributed by atoms with Crippen molar-refractivity contribution in [1.82, 2.24) is 9.80 Å². The first-order valence-electron chi connectivity index (χ1n) is 6.77. The maximum atomic E-state index is 12.3. The summed E-state index contributed by atoms with van der Waals surface area (Å²) in [6, 6.07) is -0.314. The minimum atomic E-state index is -0.904. The number of carbonyl (C=O) groups is 3. The smallest absolute Gasteiger partial charge is 0.325 e. The third-order valence-corrected chi connectivity index (χ3v) is 3.54. The molecular weight excluding hydrogens is 264 g/mol. The van der Waals surface area contributed by atoms with Crippen molar-refractivity contribution in [2.24, 2.45) is 5.41 Å². The second-order valence-electron chi connectivity index (χ2n) is 5.14. The molecule has 0 saturated carbocycles. The van der Waals surface area contributed by atoms with Gasteiger partial charge >= 0.3 is 18.0 Å². The van der Waals surface area contributed by atoms with E-state index < -0.39 is 17.4 Å². The van der Waals surface area contributed by atoms with E-state index in [9.17, 15) is 14.4 Å². The quantitative estimate of drug-likeness (QED) is 0.755. The van der Waals surface area contributed by atoms with E-state index in [1.165, 1.54) is 9.80 Å². The van der Waals surface area contributed by atoms with Crippen molar-refractivity contribution in [3.05, 3.63) is 0 Å². The second kappa shape index (κ2) is 6.58. The van der Waals surface area contributed by atoms with Gasteiger partial charge in [0.05, 0.1) is 12.0 Å². The molecule has 0 aromatic carbocycles. The van der Waals surface area contributed by atoms with Gasteiger partial charge in [-0.05, 0) is 27.2 Å². The van der Waals surface area contributed by atoms with Gasteiger partial charge in [0.2, 0.25) is 0 Å². The Hall–Kier alpha value is -1.79. The molecule has 1 atom stereocenters. The number of amides is 2. The van der Waals surface area contributed by atoms with Crippen LogP contribution in [-0.4, -0.2) is 65.7 Å². The van der Waals surface area contributed by atoms with Crippen LogP contribution in [0.15, 0.2) is 0 Å². The molecule has 1 heterocycles. The van der Waals surface area contributed by atoms with Crippen LogP contribution >= 0.6 is 0 Å². The number of ether oxygens (including phenoxy) is 1. The van der Waals surface area contributed by atoms with Crippen LogP contribution < -0.4 is 0 Å². The van der Waals surface area contributed by atoms with Crippen molar-refractivity contribution in [3.8, 4) is 0 Å². The summed E-state index contributed by atoms with van der Waals surface area (Å²) in [5.41, 5.74) is -0.904. The Kier molecular flexibility index (Phi) is 5.35. The highest BCUT2D eigenvalue weighted by Gasteiger charge is 2.43. The number of carbonyl (C=O) groups excluding carboxylic acids is 2. The second-order valence-corrected chi connectivity index (χ2v) is 5.14. The Morgan fingerprint density at radius 3 is 2.45 bits per heavy atom. The van der Waals surface area contributed by atoms with E-state index in [1.54, 1.807) is 20.8 Å². The number of carboxylic acids is 1. The van der Waals surface area contributed by atoms with Crippen LogP contribution in [0.2, 0.25) is 0 Å². The number of esters is 1. The van der Waals surface area contributed by atoms with E-state index in [2.05, 4.69) is 0 Å². The highest BCUT2D eigenvalue weighted by atomic mass is 16.5. The van der Waals surface area contributed by atoms with Gasteiger partial charge in [-0.25, -0.2) is 4.79 Å². The van der Waals surface area contributed by atoms with E-state index in [0.29, 0.717) is 19.5 Å². The summed E-state index contributed by atoms with van der Waals surface area (Å²) in [4.78, 5) is 37.7. The summed E-state index contributed by atoms with van der Waals surface area (Å²) in [7, 11) is 0. The number of hydrogen-bond acceptors (Lipinski definition) is 4. The number of nitrogens with zero attached hydrogens (tertiary/aromatic N) is 2. The summed E-state index contributed by atoms with van der Waals surface area (Å²) in [5, 5.41) is 9.16. The molecule has 0 aromatic heterocycles. The van der Waals surface area contributed by atoms with Crippen LogP contribution in [0.4, 0.5) is 4.79 Å². The van der Waals surface area contributed by atoms with Gasteiger partial charge in [0.15, 0.2) is 0 Å². The van der Waals surface area contributed by atoms with Crippen LogP contribution in [0.1, 0.15) is 27.2 Å². The first-order valence-corrected chi connectivity index (χ1v) is 6.77.